The summed E-state index contributed by atoms with van der Waals surface area (Å²) in [4.78, 5) is 14.2. The van der Waals surface area contributed by atoms with E-state index in [1.54, 1.807) is 6.92 Å². The Labute approximate surface area is 90.4 Å². The number of aromatic nitrogens is 1. The van der Waals surface area contributed by atoms with E-state index in [1.807, 2.05) is 30.5 Å². The Kier molecular flexibility index (Phi) is 2.42. The van der Waals surface area contributed by atoms with Crippen molar-refractivity contribution < 1.29 is 4.79 Å². The van der Waals surface area contributed by atoms with Crippen molar-refractivity contribution in [1.29, 1.82) is 0 Å². The predicted molar refractivity (Wildman–Crippen MR) is 60.6 cm³/mol. The largest absolute Gasteiger partial charge is 0.361 e. The Morgan fingerprint density at radius 1 is 1.43 bits per heavy atom. The van der Waals surface area contributed by atoms with E-state index in [2.05, 4.69) is 20.9 Å². The fraction of sp³-hybridized carbons (Fsp3) is 0.182. The van der Waals surface area contributed by atoms with Crippen LogP contribution < -0.4 is 0 Å². The summed E-state index contributed by atoms with van der Waals surface area (Å²) >= 11 is 3.38. The fourth-order valence-corrected chi connectivity index (χ4v) is 1.90. The number of aromatic amines is 1. The van der Waals surface area contributed by atoms with Crippen LogP contribution in [0.5, 0.6) is 0 Å². The highest BCUT2D eigenvalue weighted by Crippen LogP contribution is 2.30. The van der Waals surface area contributed by atoms with Gasteiger partial charge in [-0.3, -0.25) is 4.79 Å². The van der Waals surface area contributed by atoms with Crippen LogP contribution >= 0.6 is 15.9 Å². The third-order valence-corrected chi connectivity index (χ3v) is 3.39. The number of hydrogen-bond acceptors (Lipinski definition) is 1. The molecule has 0 bridgehead atoms. The Morgan fingerprint density at radius 3 is 2.86 bits per heavy atom. The van der Waals surface area contributed by atoms with Gasteiger partial charge >= 0.3 is 0 Å². The molecule has 0 aliphatic carbocycles. The first-order chi connectivity index (χ1) is 6.70. The third kappa shape index (κ3) is 1.48. The van der Waals surface area contributed by atoms with Gasteiger partial charge in [0.1, 0.15) is 5.78 Å². The minimum absolute atomic E-state index is 0.120. The summed E-state index contributed by atoms with van der Waals surface area (Å²) in [5, 5.41) is 1.10. The van der Waals surface area contributed by atoms with Crippen LogP contribution in [0.1, 0.15) is 17.3 Å². The molecule has 0 saturated heterocycles. The number of fused-ring (bicyclic) bond motifs is 1. The first kappa shape index (κ1) is 9.46. The average Bonchev–Trinajstić information content (AvgIpc) is 2.60. The van der Waals surface area contributed by atoms with Gasteiger partial charge in [0.25, 0.3) is 0 Å². The second-order valence-electron chi connectivity index (χ2n) is 3.26. The van der Waals surface area contributed by atoms with Crippen molar-refractivity contribution in [1.82, 2.24) is 4.98 Å². The first-order valence-electron chi connectivity index (χ1n) is 4.40. The summed E-state index contributed by atoms with van der Waals surface area (Å²) in [6.45, 7) is 1.58. The van der Waals surface area contributed by atoms with Crippen LogP contribution in [0, 0.1) is 0 Å². The van der Waals surface area contributed by atoms with Crippen molar-refractivity contribution in [3.8, 4) is 0 Å². The quantitative estimate of drug-likeness (QED) is 0.818. The lowest BCUT2D eigenvalue weighted by molar-refractivity contribution is -0.116. The lowest BCUT2D eigenvalue weighted by Gasteiger charge is -2.03. The maximum absolute atomic E-state index is 11.2. The summed E-state index contributed by atoms with van der Waals surface area (Å²) in [6, 6.07) is 7.95. The van der Waals surface area contributed by atoms with E-state index < -0.39 is 0 Å². The molecule has 1 atom stereocenters. The fourth-order valence-electron chi connectivity index (χ4n) is 1.52. The topological polar surface area (TPSA) is 32.9 Å². The van der Waals surface area contributed by atoms with E-state index >= 15 is 0 Å². The Bertz CT molecular complexity index is 475. The number of Topliss-reactive ketones (excluding diaryl/α,β-unsaturated/α-hetero) is 1. The molecule has 0 amide bonds. The van der Waals surface area contributed by atoms with E-state index in [4.69, 9.17) is 0 Å². The molecular formula is C11H10BrNO. The van der Waals surface area contributed by atoms with Gasteiger partial charge in [0.05, 0.1) is 4.83 Å². The molecule has 72 valence electrons. The number of H-pyrrole nitrogens is 1. The van der Waals surface area contributed by atoms with Gasteiger partial charge < -0.3 is 4.98 Å². The molecule has 1 aromatic carbocycles. The highest BCUT2D eigenvalue weighted by molar-refractivity contribution is 9.09. The summed E-state index contributed by atoms with van der Waals surface area (Å²) in [6.07, 6.45) is 1.88. The Balaban J connectivity index is 2.58. The average molecular weight is 252 g/mol. The first-order valence-corrected chi connectivity index (χ1v) is 5.32. The van der Waals surface area contributed by atoms with Gasteiger partial charge in [-0.05, 0) is 18.6 Å². The van der Waals surface area contributed by atoms with Gasteiger partial charge in [-0.15, -0.1) is 0 Å². The van der Waals surface area contributed by atoms with Crippen LogP contribution in [0.15, 0.2) is 30.5 Å². The molecule has 0 saturated carbocycles. The standard InChI is InChI=1S/C11H10BrNO/c1-7(14)11(12)9-6-13-10-5-3-2-4-8(9)10/h2-6,11,13H,1H3. The molecule has 1 N–H and O–H groups in total. The summed E-state index contributed by atoms with van der Waals surface area (Å²) < 4.78 is 0. The summed E-state index contributed by atoms with van der Waals surface area (Å²) in [5.41, 5.74) is 2.07. The van der Waals surface area contributed by atoms with Gasteiger partial charge in [0.2, 0.25) is 0 Å². The van der Waals surface area contributed by atoms with Crippen molar-refractivity contribution in [2.45, 2.75) is 11.8 Å². The number of hydrogen-bond donors (Lipinski definition) is 1. The van der Waals surface area contributed by atoms with E-state index in [-0.39, 0.29) is 10.6 Å². The number of rotatable bonds is 2. The molecular weight excluding hydrogens is 242 g/mol. The molecule has 1 heterocycles. The second-order valence-corrected chi connectivity index (χ2v) is 4.18. The number of halogens is 1. The van der Waals surface area contributed by atoms with Gasteiger partial charge in [0, 0.05) is 17.1 Å². The van der Waals surface area contributed by atoms with E-state index in [0.29, 0.717) is 0 Å². The van der Waals surface area contributed by atoms with Crippen molar-refractivity contribution in [2.75, 3.05) is 0 Å². The van der Waals surface area contributed by atoms with Crippen molar-refractivity contribution in [2.24, 2.45) is 0 Å². The highest BCUT2D eigenvalue weighted by Gasteiger charge is 2.16. The molecule has 2 aromatic rings. The molecule has 0 fully saturated rings. The Hall–Kier alpha value is -1.09. The summed E-state index contributed by atoms with van der Waals surface area (Å²) in [5.74, 6) is 0.120. The van der Waals surface area contributed by atoms with Crippen LogP contribution in [-0.2, 0) is 4.79 Å². The molecule has 3 heteroatoms. The van der Waals surface area contributed by atoms with Crippen LogP contribution in [0.4, 0.5) is 0 Å². The maximum atomic E-state index is 11.2. The zero-order valence-corrected chi connectivity index (χ0v) is 9.34. The summed E-state index contributed by atoms with van der Waals surface area (Å²) in [7, 11) is 0. The van der Waals surface area contributed by atoms with E-state index in [9.17, 15) is 4.79 Å². The maximum Gasteiger partial charge on any atom is 0.147 e. The van der Waals surface area contributed by atoms with Crippen molar-refractivity contribution in [3.05, 3.63) is 36.0 Å². The van der Waals surface area contributed by atoms with Crippen molar-refractivity contribution >= 4 is 32.6 Å². The smallest absolute Gasteiger partial charge is 0.147 e. The molecule has 2 rings (SSSR count). The number of alkyl halides is 1. The monoisotopic (exact) mass is 251 g/mol. The third-order valence-electron chi connectivity index (χ3n) is 2.25. The zero-order chi connectivity index (χ0) is 10.1. The van der Waals surface area contributed by atoms with Crippen LogP contribution in [0.2, 0.25) is 0 Å². The molecule has 2 nitrogen and oxygen atoms in total. The van der Waals surface area contributed by atoms with Crippen LogP contribution in [0.25, 0.3) is 10.9 Å². The Morgan fingerprint density at radius 2 is 2.14 bits per heavy atom. The van der Waals surface area contributed by atoms with Crippen LogP contribution in [-0.4, -0.2) is 10.8 Å². The van der Waals surface area contributed by atoms with Gasteiger partial charge in [-0.25, -0.2) is 0 Å². The molecule has 1 aromatic heterocycles. The lowest BCUT2D eigenvalue weighted by atomic mass is 10.1. The number of para-hydroxylation sites is 1. The zero-order valence-electron chi connectivity index (χ0n) is 7.75. The number of benzene rings is 1. The predicted octanol–water partition coefficient (Wildman–Crippen LogP) is 3.19. The van der Waals surface area contributed by atoms with Crippen LogP contribution in [0.3, 0.4) is 0 Å². The van der Waals surface area contributed by atoms with E-state index in [1.165, 1.54) is 0 Å². The highest BCUT2D eigenvalue weighted by atomic mass is 79.9. The minimum Gasteiger partial charge on any atom is -0.361 e. The molecule has 0 aliphatic rings. The minimum atomic E-state index is -0.210. The number of nitrogens with one attached hydrogen (secondary N) is 1. The molecule has 1 unspecified atom stereocenters. The number of carbonyl (C=O) groups is 1. The molecule has 14 heavy (non-hydrogen) atoms. The molecule has 0 spiro atoms. The van der Waals surface area contributed by atoms with Gasteiger partial charge in [-0.2, -0.15) is 0 Å². The van der Waals surface area contributed by atoms with Crippen molar-refractivity contribution in [3.63, 3.8) is 0 Å². The van der Waals surface area contributed by atoms with E-state index in [0.717, 1.165) is 16.5 Å². The normalized spacial score (nSPS) is 13.0. The number of ketones is 1. The molecule has 0 radical (unpaired) electrons. The second kappa shape index (κ2) is 3.58. The van der Waals surface area contributed by atoms with Gasteiger partial charge in [0.15, 0.2) is 0 Å². The lowest BCUT2D eigenvalue weighted by Crippen LogP contribution is -1.99. The molecule has 0 aliphatic heterocycles. The van der Waals surface area contributed by atoms with Gasteiger partial charge in [-0.1, -0.05) is 34.1 Å². The SMILES string of the molecule is CC(=O)C(Br)c1c[nH]c2ccccc12. The number of carbonyl (C=O) groups excluding carboxylic acids is 1.